The van der Waals surface area contributed by atoms with Crippen LogP contribution in [-0.4, -0.2) is 81.6 Å². The Kier molecular flexibility index (Phi) is 6.67. The van der Waals surface area contributed by atoms with Gasteiger partial charge in [0, 0.05) is 24.2 Å². The second-order valence-corrected chi connectivity index (χ2v) is 11.5. The first kappa shape index (κ1) is 28.0. The molecule has 3 aliphatic carbocycles. The van der Waals surface area contributed by atoms with Crippen LogP contribution in [0.3, 0.4) is 0 Å². The monoisotopic (exact) mass is 578 g/mol. The first-order valence-electron chi connectivity index (χ1n) is 14.1. The van der Waals surface area contributed by atoms with Crippen LogP contribution in [-0.2, 0) is 22.6 Å². The van der Waals surface area contributed by atoms with Gasteiger partial charge in [0.25, 0.3) is 5.91 Å². The van der Waals surface area contributed by atoms with Gasteiger partial charge in [-0.05, 0) is 75.5 Å². The number of Topliss-reactive ketones (excluding diaryl/α,β-unsaturated/α-hetero) is 2. The molecule has 2 heterocycles. The van der Waals surface area contributed by atoms with Crippen molar-refractivity contribution in [3.8, 4) is 17.1 Å². The number of aromatic hydroxyl groups is 1. The number of rotatable bonds is 6. The molecule has 4 aliphatic rings. The Bertz CT molecular complexity index is 1580. The number of phenolic OH excluding ortho intramolecular Hbond substituents is 1. The summed E-state index contributed by atoms with van der Waals surface area (Å²) >= 11 is 0. The van der Waals surface area contributed by atoms with E-state index in [4.69, 9.17) is 10.2 Å². The fourth-order valence-electron chi connectivity index (χ4n) is 7.26. The largest absolute Gasteiger partial charge is 0.510 e. The van der Waals surface area contributed by atoms with Crippen LogP contribution in [0.2, 0.25) is 0 Å². The fraction of sp³-hybridized carbons (Fsp3) is 0.433. The zero-order valence-electron chi connectivity index (χ0n) is 23.4. The minimum Gasteiger partial charge on any atom is -0.510 e. The molecule has 12 heteroatoms. The number of primary amides is 1. The molecular formula is C30H34N4O8. The average molecular weight is 579 g/mol. The van der Waals surface area contributed by atoms with E-state index in [1.807, 2.05) is 6.07 Å². The molecule has 0 saturated carbocycles. The maximum atomic E-state index is 14.1. The summed E-state index contributed by atoms with van der Waals surface area (Å²) < 4.78 is 6.07. The number of benzene rings is 1. The molecular weight excluding hydrogens is 544 g/mol. The highest BCUT2D eigenvalue weighted by Crippen LogP contribution is 2.53. The molecule has 12 nitrogen and oxygen atoms in total. The normalized spacial score (nSPS) is 27.6. The molecule has 1 aromatic heterocycles. The number of aliphatic hydroxyl groups is 3. The second-order valence-electron chi connectivity index (χ2n) is 11.5. The summed E-state index contributed by atoms with van der Waals surface area (Å²) in [6.45, 7) is 2.60. The summed E-state index contributed by atoms with van der Waals surface area (Å²) in [5, 5.41) is 51.2. The van der Waals surface area contributed by atoms with Crippen molar-refractivity contribution in [2.24, 2.45) is 17.6 Å². The van der Waals surface area contributed by atoms with Crippen molar-refractivity contribution >= 4 is 23.2 Å². The number of hydrogen-bond acceptors (Lipinski definition) is 11. The number of nitrogens with zero attached hydrogens (tertiary/aromatic N) is 1. The van der Waals surface area contributed by atoms with E-state index < -0.39 is 58.0 Å². The summed E-state index contributed by atoms with van der Waals surface area (Å²) in [6.07, 6.45) is 2.47. The number of likely N-dealkylation sites (N-methyl/N-ethyl adjacent to an activating group) is 1. The van der Waals surface area contributed by atoms with Gasteiger partial charge < -0.3 is 41.2 Å². The van der Waals surface area contributed by atoms with Gasteiger partial charge in [-0.15, -0.1) is 0 Å². The van der Waals surface area contributed by atoms with E-state index in [0.29, 0.717) is 23.6 Å². The van der Waals surface area contributed by atoms with Gasteiger partial charge in [0.15, 0.2) is 11.4 Å². The van der Waals surface area contributed by atoms with E-state index in [9.17, 15) is 34.8 Å². The number of amides is 1. The molecule has 4 atom stereocenters. The molecule has 1 aromatic carbocycles. The van der Waals surface area contributed by atoms with Crippen molar-refractivity contribution in [3.05, 3.63) is 57.8 Å². The van der Waals surface area contributed by atoms with Crippen LogP contribution in [0.1, 0.15) is 40.9 Å². The van der Waals surface area contributed by atoms with Gasteiger partial charge in [0.05, 0.1) is 23.7 Å². The highest BCUT2D eigenvalue weighted by Gasteiger charge is 2.62. The molecule has 42 heavy (non-hydrogen) atoms. The number of carbonyl (C=O) groups is 3. The molecule has 0 unspecified atom stereocenters. The number of carbonyl (C=O) groups excluding carboxylic acids is 3. The third kappa shape index (κ3) is 3.89. The van der Waals surface area contributed by atoms with E-state index in [-0.39, 0.29) is 35.3 Å². The van der Waals surface area contributed by atoms with E-state index in [2.05, 4.69) is 15.5 Å². The lowest BCUT2D eigenvalue weighted by Gasteiger charge is -2.48. The van der Waals surface area contributed by atoms with Gasteiger partial charge in [-0.2, -0.15) is 0 Å². The zero-order valence-corrected chi connectivity index (χ0v) is 23.4. The van der Waals surface area contributed by atoms with Gasteiger partial charge in [-0.25, -0.2) is 0 Å². The number of nitrogens with one attached hydrogen (secondary N) is 2. The number of furan rings is 1. The molecule has 1 fully saturated rings. The topological polar surface area (TPSA) is 199 Å². The number of nitrogens with two attached hydrogens (primary N) is 1. The van der Waals surface area contributed by atoms with Crippen LogP contribution in [0.15, 0.2) is 45.3 Å². The smallest absolute Gasteiger partial charge is 0.255 e. The Morgan fingerprint density at radius 2 is 1.88 bits per heavy atom. The molecule has 1 amide bonds. The van der Waals surface area contributed by atoms with Crippen LogP contribution in [0, 0.1) is 11.8 Å². The lowest BCUT2D eigenvalue weighted by molar-refractivity contribution is -0.146. The van der Waals surface area contributed by atoms with E-state index in [1.54, 1.807) is 19.2 Å². The van der Waals surface area contributed by atoms with Crippen molar-refractivity contribution in [1.82, 2.24) is 10.2 Å². The average Bonchev–Trinajstić information content (AvgIpc) is 3.64. The molecule has 0 spiro atoms. The molecule has 6 rings (SSSR count). The third-order valence-corrected chi connectivity index (χ3v) is 9.29. The molecule has 1 aliphatic heterocycles. The number of anilines is 1. The standard InChI is InChI=1S/C30H34N4O8/c1-32-18-11-16(19-6-5-14(42-19)12-34-7-3-4-8-34)24(35)21-15(18)9-13-10-17-23(33-2)26(37)22(29(31)40)28(39)30(17,41)27(38)20(13)25(21)36/h5-6,11,13,17,23,32-33,35,37-38,41H,3-4,7-10,12H2,1-2H3,(H2,31,40)/t13-,17-,23-,30-/m0/s1. The fourth-order valence-corrected chi connectivity index (χ4v) is 7.26. The number of allylic oxidation sites excluding steroid dienone is 1. The molecule has 8 N–H and O–H groups in total. The number of ketones is 2. The second kappa shape index (κ2) is 10.0. The van der Waals surface area contributed by atoms with Gasteiger partial charge in [0.2, 0.25) is 5.78 Å². The Morgan fingerprint density at radius 1 is 1.17 bits per heavy atom. The zero-order chi connectivity index (χ0) is 30.1. The first-order chi connectivity index (χ1) is 20.0. The van der Waals surface area contributed by atoms with Gasteiger partial charge in [-0.3, -0.25) is 19.3 Å². The summed E-state index contributed by atoms with van der Waals surface area (Å²) in [5.74, 6) is -5.85. The predicted molar refractivity (Wildman–Crippen MR) is 151 cm³/mol. The van der Waals surface area contributed by atoms with Gasteiger partial charge in [0.1, 0.15) is 34.4 Å². The van der Waals surface area contributed by atoms with Crippen LogP contribution in [0.4, 0.5) is 5.69 Å². The predicted octanol–water partition coefficient (Wildman–Crippen LogP) is 1.68. The van der Waals surface area contributed by atoms with Crippen LogP contribution in [0.5, 0.6) is 5.75 Å². The van der Waals surface area contributed by atoms with Crippen molar-refractivity contribution in [2.45, 2.75) is 43.9 Å². The van der Waals surface area contributed by atoms with Crippen molar-refractivity contribution in [3.63, 3.8) is 0 Å². The highest BCUT2D eigenvalue weighted by molar-refractivity contribution is 6.25. The van der Waals surface area contributed by atoms with E-state index in [1.165, 1.54) is 7.05 Å². The van der Waals surface area contributed by atoms with Crippen molar-refractivity contribution in [1.29, 1.82) is 0 Å². The Balaban J connectivity index is 1.46. The van der Waals surface area contributed by atoms with Crippen molar-refractivity contribution < 1.29 is 39.2 Å². The van der Waals surface area contributed by atoms with Gasteiger partial charge >= 0.3 is 0 Å². The molecule has 222 valence electrons. The number of likely N-dealkylation sites (tertiary alicyclic amines) is 1. The highest BCUT2D eigenvalue weighted by atomic mass is 16.4. The summed E-state index contributed by atoms with van der Waals surface area (Å²) in [5.41, 5.74) is 2.89. The van der Waals surface area contributed by atoms with Gasteiger partial charge in [-0.1, -0.05) is 0 Å². The first-order valence-corrected chi connectivity index (χ1v) is 14.1. The minimum atomic E-state index is -2.69. The van der Waals surface area contributed by atoms with E-state index >= 15 is 0 Å². The van der Waals surface area contributed by atoms with Crippen LogP contribution < -0.4 is 16.4 Å². The summed E-state index contributed by atoms with van der Waals surface area (Å²) in [7, 11) is 3.16. The lowest BCUT2D eigenvalue weighted by atomic mass is 9.58. The molecule has 0 bridgehead atoms. The van der Waals surface area contributed by atoms with Crippen molar-refractivity contribution in [2.75, 3.05) is 32.5 Å². The lowest BCUT2D eigenvalue weighted by Crippen LogP contribution is -2.63. The number of fused-ring (bicyclic) bond motifs is 3. The number of hydrogen-bond donors (Lipinski definition) is 7. The third-order valence-electron chi connectivity index (χ3n) is 9.29. The van der Waals surface area contributed by atoms with Crippen LogP contribution in [0.25, 0.3) is 11.3 Å². The molecule has 0 radical (unpaired) electrons. The number of aliphatic hydroxyl groups excluding tert-OH is 2. The molecule has 2 aromatic rings. The SMILES string of the molecule is CNc1cc(-c2ccc(CN3CCCC3)o2)c(O)c2c1C[C@H]1C[C@H]3[C@H](NC)C(O)=C(C(N)=O)C(=O)[C@@]3(O)C(O)=C1C2=O. The minimum absolute atomic E-state index is 0.0120. The molecule has 1 saturated heterocycles. The van der Waals surface area contributed by atoms with Crippen LogP contribution >= 0.6 is 0 Å². The number of phenols is 1. The Morgan fingerprint density at radius 3 is 2.52 bits per heavy atom. The quantitative estimate of drug-likeness (QED) is 0.194. The Labute approximate surface area is 241 Å². The summed E-state index contributed by atoms with van der Waals surface area (Å²) in [6, 6.07) is 4.18. The maximum Gasteiger partial charge on any atom is 0.255 e. The maximum absolute atomic E-state index is 14.1. The Hall–Kier alpha value is -4.13. The van der Waals surface area contributed by atoms with E-state index in [0.717, 1.165) is 31.7 Å². The summed E-state index contributed by atoms with van der Waals surface area (Å²) in [4.78, 5) is 41.8.